The summed E-state index contributed by atoms with van der Waals surface area (Å²) in [5, 5.41) is 8.52. The zero-order valence-corrected chi connectivity index (χ0v) is 15.1. The molecule has 3 rings (SSSR count). The Hall–Kier alpha value is -3.00. The Kier molecular flexibility index (Phi) is 4.85. The first kappa shape index (κ1) is 17.8. The fraction of sp³-hybridized carbons (Fsp3) is 0.167. The molecule has 26 heavy (non-hydrogen) atoms. The van der Waals surface area contributed by atoms with Crippen LogP contribution < -0.4 is 5.32 Å². The SMILES string of the molecule is COC(=O)c1c(-c2ccc(F)cc2)csc1NC(=O)c1c(C)noc1C. The van der Waals surface area contributed by atoms with Gasteiger partial charge in [0.05, 0.1) is 12.8 Å². The summed E-state index contributed by atoms with van der Waals surface area (Å²) in [6, 6.07) is 5.72. The predicted octanol–water partition coefficient (Wildman–Crippen LogP) is 4.20. The lowest BCUT2D eigenvalue weighted by atomic mass is 10.0. The molecule has 3 aromatic rings. The van der Waals surface area contributed by atoms with Crippen LogP contribution >= 0.6 is 11.3 Å². The third-order valence-corrected chi connectivity index (χ3v) is 4.72. The number of aryl methyl sites for hydroxylation is 2. The van der Waals surface area contributed by atoms with Crippen molar-refractivity contribution in [3.05, 3.63) is 58.0 Å². The number of anilines is 1. The van der Waals surface area contributed by atoms with Gasteiger partial charge in [0, 0.05) is 10.9 Å². The second-order valence-electron chi connectivity index (χ2n) is 5.51. The molecule has 0 aliphatic heterocycles. The summed E-state index contributed by atoms with van der Waals surface area (Å²) in [5.41, 5.74) is 2.17. The Labute approximate surface area is 152 Å². The number of amides is 1. The quantitative estimate of drug-likeness (QED) is 0.692. The first-order chi connectivity index (χ1) is 12.4. The van der Waals surface area contributed by atoms with Crippen LogP contribution in [0.4, 0.5) is 9.39 Å². The van der Waals surface area contributed by atoms with Crippen LogP contribution in [-0.4, -0.2) is 24.1 Å². The van der Waals surface area contributed by atoms with Gasteiger partial charge in [0.2, 0.25) is 0 Å². The number of benzene rings is 1. The third kappa shape index (κ3) is 3.23. The van der Waals surface area contributed by atoms with E-state index in [4.69, 9.17) is 9.26 Å². The van der Waals surface area contributed by atoms with Crippen LogP contribution in [0.2, 0.25) is 0 Å². The minimum atomic E-state index is -0.598. The average Bonchev–Trinajstić information content (AvgIpc) is 3.18. The molecule has 1 amide bonds. The number of hydrogen-bond donors (Lipinski definition) is 1. The van der Waals surface area contributed by atoms with Gasteiger partial charge in [0.15, 0.2) is 0 Å². The maximum atomic E-state index is 13.2. The van der Waals surface area contributed by atoms with E-state index >= 15 is 0 Å². The molecule has 0 saturated heterocycles. The Bertz CT molecular complexity index is 956. The number of carbonyl (C=O) groups is 2. The first-order valence-electron chi connectivity index (χ1n) is 7.62. The molecule has 0 radical (unpaired) electrons. The molecule has 0 spiro atoms. The maximum absolute atomic E-state index is 13.2. The van der Waals surface area contributed by atoms with Crippen molar-refractivity contribution in [3.63, 3.8) is 0 Å². The molecule has 134 valence electrons. The van der Waals surface area contributed by atoms with Crippen LogP contribution in [0.1, 0.15) is 32.2 Å². The molecule has 0 saturated carbocycles. The normalized spacial score (nSPS) is 10.6. The number of rotatable bonds is 4. The molecule has 1 N–H and O–H groups in total. The van der Waals surface area contributed by atoms with Crippen LogP contribution in [0.15, 0.2) is 34.2 Å². The molecular formula is C18H15FN2O4S. The number of aromatic nitrogens is 1. The van der Waals surface area contributed by atoms with Gasteiger partial charge in [-0.25, -0.2) is 9.18 Å². The van der Waals surface area contributed by atoms with Gasteiger partial charge in [-0.05, 0) is 31.5 Å². The van der Waals surface area contributed by atoms with Crippen LogP contribution in [0.25, 0.3) is 11.1 Å². The van der Waals surface area contributed by atoms with Crippen molar-refractivity contribution in [1.29, 1.82) is 0 Å². The standard InChI is InChI=1S/C18H15FN2O4S/c1-9-14(10(2)25-21-9)16(22)20-17-15(18(23)24-3)13(8-26-17)11-4-6-12(19)7-5-11/h4-8H,1-3H3,(H,20,22). The van der Waals surface area contributed by atoms with Gasteiger partial charge in [-0.15, -0.1) is 11.3 Å². The summed E-state index contributed by atoms with van der Waals surface area (Å²) in [6.07, 6.45) is 0. The Morgan fingerprint density at radius 3 is 2.46 bits per heavy atom. The number of nitrogens with zero attached hydrogens (tertiary/aromatic N) is 1. The fourth-order valence-corrected chi connectivity index (χ4v) is 3.52. The molecule has 0 bridgehead atoms. The van der Waals surface area contributed by atoms with Crippen LogP contribution in [0.3, 0.4) is 0 Å². The van der Waals surface area contributed by atoms with Gasteiger partial charge in [-0.1, -0.05) is 17.3 Å². The van der Waals surface area contributed by atoms with Crippen molar-refractivity contribution < 1.29 is 23.2 Å². The molecule has 6 nitrogen and oxygen atoms in total. The summed E-state index contributed by atoms with van der Waals surface area (Å²) in [4.78, 5) is 24.9. The van der Waals surface area contributed by atoms with Gasteiger partial charge in [-0.3, -0.25) is 4.79 Å². The molecular weight excluding hydrogens is 359 g/mol. The molecule has 2 aromatic heterocycles. The summed E-state index contributed by atoms with van der Waals surface area (Å²) in [7, 11) is 1.26. The molecule has 0 fully saturated rings. The van der Waals surface area contributed by atoms with Crippen molar-refractivity contribution >= 4 is 28.2 Å². The highest BCUT2D eigenvalue weighted by Gasteiger charge is 2.25. The number of carbonyl (C=O) groups excluding carboxylic acids is 2. The van der Waals surface area contributed by atoms with E-state index in [0.29, 0.717) is 33.1 Å². The zero-order valence-electron chi connectivity index (χ0n) is 14.3. The van der Waals surface area contributed by atoms with E-state index in [1.807, 2.05) is 0 Å². The van der Waals surface area contributed by atoms with E-state index < -0.39 is 11.9 Å². The van der Waals surface area contributed by atoms with E-state index in [0.717, 1.165) is 0 Å². The summed E-state index contributed by atoms with van der Waals surface area (Å²) in [5.74, 6) is -1.02. The molecule has 0 aliphatic carbocycles. The monoisotopic (exact) mass is 374 g/mol. The van der Waals surface area contributed by atoms with Crippen molar-refractivity contribution in [1.82, 2.24) is 5.16 Å². The average molecular weight is 374 g/mol. The molecule has 1 aromatic carbocycles. The smallest absolute Gasteiger partial charge is 0.341 e. The van der Waals surface area contributed by atoms with Gasteiger partial charge in [-0.2, -0.15) is 0 Å². The lowest BCUT2D eigenvalue weighted by Crippen LogP contribution is -2.15. The highest BCUT2D eigenvalue weighted by atomic mass is 32.1. The second-order valence-corrected chi connectivity index (χ2v) is 6.38. The number of nitrogens with one attached hydrogen (secondary N) is 1. The largest absolute Gasteiger partial charge is 0.465 e. The predicted molar refractivity (Wildman–Crippen MR) is 95.0 cm³/mol. The summed E-state index contributed by atoms with van der Waals surface area (Å²) < 4.78 is 23.0. The van der Waals surface area contributed by atoms with Crippen LogP contribution in [-0.2, 0) is 4.74 Å². The highest BCUT2D eigenvalue weighted by Crippen LogP contribution is 2.36. The number of halogens is 1. The van der Waals surface area contributed by atoms with E-state index in [1.165, 1.54) is 30.6 Å². The number of esters is 1. The Morgan fingerprint density at radius 2 is 1.88 bits per heavy atom. The first-order valence-corrected chi connectivity index (χ1v) is 8.50. The molecule has 0 aliphatic rings. The Balaban J connectivity index is 2.01. The fourth-order valence-electron chi connectivity index (χ4n) is 2.57. The van der Waals surface area contributed by atoms with Crippen molar-refractivity contribution in [2.24, 2.45) is 0 Å². The van der Waals surface area contributed by atoms with Crippen molar-refractivity contribution in [2.75, 3.05) is 12.4 Å². The van der Waals surface area contributed by atoms with Gasteiger partial charge in [0.1, 0.15) is 27.7 Å². The molecule has 0 atom stereocenters. The number of methoxy groups -OCH3 is 1. The van der Waals surface area contributed by atoms with Gasteiger partial charge in [0.25, 0.3) is 5.91 Å². The number of ether oxygens (including phenoxy) is 1. The highest BCUT2D eigenvalue weighted by molar-refractivity contribution is 7.15. The summed E-state index contributed by atoms with van der Waals surface area (Å²) in [6.45, 7) is 3.29. The summed E-state index contributed by atoms with van der Waals surface area (Å²) >= 11 is 1.18. The number of thiophene rings is 1. The zero-order chi connectivity index (χ0) is 18.8. The number of hydrogen-bond acceptors (Lipinski definition) is 6. The van der Waals surface area contributed by atoms with Crippen molar-refractivity contribution in [2.45, 2.75) is 13.8 Å². The van der Waals surface area contributed by atoms with E-state index in [-0.39, 0.29) is 11.4 Å². The minimum absolute atomic E-state index is 0.212. The lowest BCUT2D eigenvalue weighted by molar-refractivity contribution is 0.0603. The second kappa shape index (κ2) is 7.09. The maximum Gasteiger partial charge on any atom is 0.341 e. The van der Waals surface area contributed by atoms with Crippen LogP contribution in [0, 0.1) is 19.7 Å². The Morgan fingerprint density at radius 1 is 1.19 bits per heavy atom. The van der Waals surface area contributed by atoms with Crippen LogP contribution in [0.5, 0.6) is 0 Å². The third-order valence-electron chi connectivity index (χ3n) is 3.82. The topological polar surface area (TPSA) is 81.4 Å². The van der Waals surface area contributed by atoms with Gasteiger partial charge >= 0.3 is 5.97 Å². The minimum Gasteiger partial charge on any atom is -0.465 e. The molecule has 2 heterocycles. The van der Waals surface area contributed by atoms with Gasteiger partial charge < -0.3 is 14.6 Å². The van der Waals surface area contributed by atoms with Crippen molar-refractivity contribution in [3.8, 4) is 11.1 Å². The van der Waals surface area contributed by atoms with E-state index in [9.17, 15) is 14.0 Å². The molecule has 8 heteroatoms. The van der Waals surface area contributed by atoms with E-state index in [2.05, 4.69) is 10.5 Å². The molecule has 0 unspecified atom stereocenters. The van der Waals surface area contributed by atoms with E-state index in [1.54, 1.807) is 31.4 Å². The lowest BCUT2D eigenvalue weighted by Gasteiger charge is -2.07.